The Kier molecular flexibility index (Phi) is 13.3. The Morgan fingerprint density at radius 1 is 0.875 bits per heavy atom. The number of nitrogens with two attached hydrogens (primary N) is 1. The summed E-state index contributed by atoms with van der Waals surface area (Å²) in [5.74, 6) is -5.53. The summed E-state index contributed by atoms with van der Waals surface area (Å²) in [4.78, 5) is 24.6. The SMILES string of the molecule is C[C@H]1/C=C/C=C/C=C/C=C/C(O[C@@H]2O[C@H](C)[C@@H](O)[C@H](N)[C@@H]2O)C[C@@H]2O[C@](O)(CC(O)C[C@H]3O[C@@H]3/C=C/C(=O)O[C@@H]1C)C[C@H](O)[C@H]2C(=O)O. The Morgan fingerprint density at radius 3 is 2.23 bits per heavy atom. The van der Waals surface area contributed by atoms with Crippen LogP contribution >= 0.6 is 0 Å². The zero-order valence-electron chi connectivity index (χ0n) is 27.3. The Bertz CT molecular complexity index is 1250. The minimum atomic E-state index is -2.10. The molecule has 0 saturated carbocycles. The summed E-state index contributed by atoms with van der Waals surface area (Å²) in [6.07, 6.45) is 4.79. The van der Waals surface area contributed by atoms with Crippen LogP contribution in [-0.2, 0) is 33.3 Å². The van der Waals surface area contributed by atoms with E-state index in [2.05, 4.69) is 0 Å². The van der Waals surface area contributed by atoms with Crippen LogP contribution in [0.4, 0.5) is 0 Å². The molecule has 3 saturated heterocycles. The first-order chi connectivity index (χ1) is 22.7. The molecule has 2 bridgehead atoms. The van der Waals surface area contributed by atoms with E-state index in [0.29, 0.717) is 0 Å². The smallest absolute Gasteiger partial charge is 0.330 e. The third kappa shape index (κ3) is 10.4. The molecule has 14 heteroatoms. The number of hydrogen-bond donors (Lipinski definition) is 7. The van der Waals surface area contributed by atoms with Gasteiger partial charge in [0.1, 0.15) is 24.2 Å². The Balaban J connectivity index is 1.60. The van der Waals surface area contributed by atoms with E-state index < -0.39 is 103 Å². The van der Waals surface area contributed by atoms with Gasteiger partial charge in [-0.15, -0.1) is 0 Å². The molecular weight excluding hydrogens is 630 g/mol. The van der Waals surface area contributed by atoms with Gasteiger partial charge >= 0.3 is 11.9 Å². The fourth-order valence-corrected chi connectivity index (χ4v) is 6.10. The minimum absolute atomic E-state index is 0.0747. The van der Waals surface area contributed by atoms with Crippen LogP contribution in [0.2, 0.25) is 0 Å². The molecule has 0 radical (unpaired) electrons. The van der Waals surface area contributed by atoms with Crippen LogP contribution in [0.25, 0.3) is 0 Å². The van der Waals surface area contributed by atoms with Gasteiger partial charge in [-0.1, -0.05) is 55.5 Å². The molecule has 0 aromatic carbocycles. The second kappa shape index (κ2) is 16.8. The zero-order chi connectivity index (χ0) is 35.2. The standard InChI is InChI=1S/C34H49NO13/c1-18-10-8-6-4-5-7-9-11-22(46-33-31(40)29(35)30(39)20(3)45-33)15-26-28(32(41)42)23(37)17-34(43,48-26)16-21(36)14-25-24(47-25)12-13-27(38)44-19(18)2/h4-13,18-26,28-31,33,36-37,39-40,43H,14-17,35H2,1-3H3,(H,41,42)/b6-4+,7-5+,10-8+,11-9+,13-12+/t18-,19+,20+,21?,22?,23-,24+,25+,26-,28+,29-,30+,31-,33-,34+/m0/s1. The van der Waals surface area contributed by atoms with Gasteiger partial charge in [0.15, 0.2) is 12.1 Å². The van der Waals surface area contributed by atoms with E-state index in [4.69, 9.17) is 29.4 Å². The zero-order valence-corrected chi connectivity index (χ0v) is 27.3. The van der Waals surface area contributed by atoms with Gasteiger partial charge in [0.2, 0.25) is 0 Å². The first-order valence-electron chi connectivity index (χ1n) is 16.3. The lowest BCUT2D eigenvalue weighted by atomic mass is 9.83. The third-order valence-corrected chi connectivity index (χ3v) is 9.11. The molecule has 4 rings (SSSR count). The number of rotatable bonds is 3. The van der Waals surface area contributed by atoms with Crippen LogP contribution in [0.5, 0.6) is 0 Å². The molecule has 48 heavy (non-hydrogen) atoms. The number of aliphatic carboxylic acids is 1. The number of carboxylic acid groups (broad SMARTS) is 1. The van der Waals surface area contributed by atoms with Crippen molar-refractivity contribution in [2.75, 3.05) is 0 Å². The van der Waals surface area contributed by atoms with Crippen molar-refractivity contribution in [1.82, 2.24) is 0 Å². The van der Waals surface area contributed by atoms with Crippen molar-refractivity contribution in [1.29, 1.82) is 0 Å². The van der Waals surface area contributed by atoms with Gasteiger partial charge in [0, 0.05) is 37.7 Å². The fraction of sp³-hybridized carbons (Fsp3) is 0.647. The molecule has 4 aliphatic heterocycles. The number of esters is 1. The highest BCUT2D eigenvalue weighted by Gasteiger charge is 2.51. The molecule has 0 aliphatic carbocycles. The third-order valence-electron chi connectivity index (χ3n) is 9.11. The Morgan fingerprint density at radius 2 is 1.54 bits per heavy atom. The highest BCUT2D eigenvalue weighted by Crippen LogP contribution is 2.39. The monoisotopic (exact) mass is 679 g/mol. The van der Waals surface area contributed by atoms with Gasteiger partial charge in [0.05, 0.1) is 48.8 Å². The van der Waals surface area contributed by atoms with Gasteiger partial charge in [0.25, 0.3) is 0 Å². The summed E-state index contributed by atoms with van der Waals surface area (Å²) >= 11 is 0. The number of hydrogen-bond acceptors (Lipinski definition) is 13. The largest absolute Gasteiger partial charge is 0.481 e. The quantitative estimate of drug-likeness (QED) is 0.158. The highest BCUT2D eigenvalue weighted by atomic mass is 16.7. The van der Waals surface area contributed by atoms with Crippen LogP contribution in [0.1, 0.15) is 46.5 Å². The first kappa shape index (κ1) is 38.0. The number of carbonyl (C=O) groups excluding carboxylic acids is 1. The van der Waals surface area contributed by atoms with E-state index in [1.807, 2.05) is 19.1 Å². The number of carbonyl (C=O) groups is 2. The van der Waals surface area contributed by atoms with Crippen molar-refractivity contribution in [3.05, 3.63) is 60.8 Å². The highest BCUT2D eigenvalue weighted by molar-refractivity contribution is 5.82. The normalized spacial score (nSPS) is 48.1. The van der Waals surface area contributed by atoms with Crippen molar-refractivity contribution in [2.45, 2.75) is 126 Å². The number of ether oxygens (including phenoxy) is 5. The summed E-state index contributed by atoms with van der Waals surface area (Å²) in [7, 11) is 0. The number of allylic oxidation sites excluding steroid dienone is 6. The molecule has 2 unspecified atom stereocenters. The van der Waals surface area contributed by atoms with Gasteiger partial charge in [-0.05, 0) is 19.9 Å². The average molecular weight is 680 g/mol. The molecule has 8 N–H and O–H groups in total. The molecule has 15 atom stereocenters. The molecule has 0 aromatic rings. The van der Waals surface area contributed by atoms with Crippen LogP contribution in [0, 0.1) is 11.8 Å². The maximum atomic E-state index is 12.3. The van der Waals surface area contributed by atoms with Crippen molar-refractivity contribution in [3.63, 3.8) is 0 Å². The van der Waals surface area contributed by atoms with Crippen LogP contribution in [0.15, 0.2) is 60.8 Å². The number of fused-ring (bicyclic) bond motifs is 3. The molecule has 14 nitrogen and oxygen atoms in total. The minimum Gasteiger partial charge on any atom is -0.481 e. The second-order valence-corrected chi connectivity index (χ2v) is 13.0. The van der Waals surface area contributed by atoms with Crippen molar-refractivity contribution in [2.24, 2.45) is 17.6 Å². The molecular formula is C34H49NO13. The number of cyclic esters (lactones) is 1. The predicted molar refractivity (Wildman–Crippen MR) is 170 cm³/mol. The summed E-state index contributed by atoms with van der Waals surface area (Å²) in [5.41, 5.74) is 5.98. The van der Waals surface area contributed by atoms with Gasteiger partial charge < -0.3 is 60.1 Å². The Hall–Kier alpha value is -2.76. The van der Waals surface area contributed by atoms with Gasteiger partial charge in [-0.3, -0.25) is 4.79 Å². The summed E-state index contributed by atoms with van der Waals surface area (Å²) in [6.45, 7) is 5.27. The lowest BCUT2D eigenvalue weighted by molar-refractivity contribution is -0.308. The number of aliphatic hydroxyl groups is 5. The topological polar surface area (TPSA) is 231 Å². The molecule has 4 aliphatic rings. The molecule has 0 spiro atoms. The van der Waals surface area contributed by atoms with Crippen LogP contribution in [-0.4, -0.2) is 122 Å². The number of carboxylic acids is 1. The summed E-state index contributed by atoms with van der Waals surface area (Å²) in [5, 5.41) is 64.1. The lowest BCUT2D eigenvalue weighted by Gasteiger charge is -2.45. The number of epoxide rings is 1. The fourth-order valence-electron chi connectivity index (χ4n) is 6.10. The summed E-state index contributed by atoms with van der Waals surface area (Å²) in [6, 6.07) is -1.08. The van der Waals surface area contributed by atoms with Gasteiger partial charge in [-0.25, -0.2) is 4.79 Å². The lowest BCUT2D eigenvalue weighted by Crippen LogP contribution is -2.61. The average Bonchev–Trinajstić information content (AvgIpc) is 3.74. The van der Waals surface area contributed by atoms with Crippen molar-refractivity contribution >= 4 is 11.9 Å². The van der Waals surface area contributed by atoms with E-state index in [1.54, 1.807) is 56.4 Å². The van der Waals surface area contributed by atoms with E-state index in [1.165, 1.54) is 6.08 Å². The van der Waals surface area contributed by atoms with Crippen LogP contribution < -0.4 is 5.73 Å². The Labute approximate surface area is 279 Å². The van der Waals surface area contributed by atoms with E-state index in [-0.39, 0.29) is 25.2 Å². The predicted octanol–water partition coefficient (Wildman–Crippen LogP) is 0.366. The van der Waals surface area contributed by atoms with Gasteiger partial charge in [-0.2, -0.15) is 0 Å². The second-order valence-electron chi connectivity index (χ2n) is 13.0. The summed E-state index contributed by atoms with van der Waals surface area (Å²) < 4.78 is 28.7. The maximum Gasteiger partial charge on any atom is 0.330 e. The molecule has 0 aromatic heterocycles. The molecule has 0 amide bonds. The number of aliphatic hydroxyl groups excluding tert-OH is 4. The van der Waals surface area contributed by atoms with Crippen molar-refractivity contribution in [3.8, 4) is 0 Å². The van der Waals surface area contributed by atoms with E-state index in [0.717, 1.165) is 0 Å². The van der Waals surface area contributed by atoms with Crippen molar-refractivity contribution < 1.29 is 63.9 Å². The molecule has 4 heterocycles. The van der Waals surface area contributed by atoms with E-state index in [9.17, 15) is 40.2 Å². The first-order valence-corrected chi connectivity index (χ1v) is 16.3. The van der Waals surface area contributed by atoms with E-state index >= 15 is 0 Å². The van der Waals surface area contributed by atoms with Crippen LogP contribution in [0.3, 0.4) is 0 Å². The molecule has 268 valence electrons. The maximum absolute atomic E-state index is 12.3. The molecule has 3 fully saturated rings.